The molecule has 1 aromatic carbocycles. The van der Waals surface area contributed by atoms with Crippen molar-refractivity contribution in [3.63, 3.8) is 0 Å². The number of hydrogen-bond acceptors (Lipinski definition) is 4. The van der Waals surface area contributed by atoms with E-state index in [2.05, 4.69) is 42.8 Å². The predicted octanol–water partition coefficient (Wildman–Crippen LogP) is 2.65. The van der Waals surface area contributed by atoms with Crippen LogP contribution in [0.5, 0.6) is 0 Å². The summed E-state index contributed by atoms with van der Waals surface area (Å²) in [6.45, 7) is 7.96. The van der Waals surface area contributed by atoms with Crippen LogP contribution in [0.2, 0.25) is 0 Å². The lowest BCUT2D eigenvalue weighted by Gasteiger charge is -2.16. The molecule has 0 saturated carbocycles. The lowest BCUT2D eigenvalue weighted by atomic mass is 10.2. The highest BCUT2D eigenvalue weighted by Gasteiger charge is 2.07. The molecule has 0 saturated heterocycles. The molecule has 6 heteroatoms. The van der Waals surface area contributed by atoms with Crippen LogP contribution in [0.25, 0.3) is 6.08 Å². The van der Waals surface area contributed by atoms with E-state index >= 15 is 0 Å². The molecular weight excluding hydrogens is 288 g/mol. The van der Waals surface area contributed by atoms with Crippen LogP contribution in [-0.4, -0.2) is 43.0 Å². The Balaban J connectivity index is 0.000000219. The second-order valence-corrected chi connectivity index (χ2v) is 6.18. The van der Waals surface area contributed by atoms with Crippen LogP contribution in [0.3, 0.4) is 0 Å². The zero-order valence-corrected chi connectivity index (χ0v) is 13.3. The molecule has 1 aliphatic rings. The molecule has 1 aliphatic heterocycles. The van der Waals surface area contributed by atoms with Gasteiger partial charge in [-0.05, 0) is 24.1 Å². The molecule has 2 rings (SSSR count). The van der Waals surface area contributed by atoms with Gasteiger partial charge in [0, 0.05) is 26.0 Å². The Bertz CT molecular complexity index is 579. The molecule has 5 nitrogen and oxygen atoms in total. The van der Waals surface area contributed by atoms with Crippen molar-refractivity contribution in [2.45, 2.75) is 18.2 Å². The highest BCUT2D eigenvalue weighted by molar-refractivity contribution is 7.85. The van der Waals surface area contributed by atoms with Crippen LogP contribution in [0, 0.1) is 0 Å². The molecule has 0 spiro atoms. The maximum atomic E-state index is 10.6. The SMILES string of the molecule is C=Cc1ccc(S(=O)(=O)O)cc1.CCCN1C=CN(C)C1. The van der Waals surface area contributed by atoms with Crippen molar-refractivity contribution in [3.8, 4) is 0 Å². The summed E-state index contributed by atoms with van der Waals surface area (Å²) < 4.78 is 29.7. The molecule has 0 unspecified atom stereocenters. The van der Waals surface area contributed by atoms with E-state index in [1.807, 2.05) is 0 Å². The highest BCUT2D eigenvalue weighted by atomic mass is 32.2. The highest BCUT2D eigenvalue weighted by Crippen LogP contribution is 2.10. The Morgan fingerprint density at radius 2 is 1.90 bits per heavy atom. The second-order valence-electron chi connectivity index (χ2n) is 4.76. The first kappa shape index (κ1) is 17.3. The second kappa shape index (κ2) is 7.85. The lowest BCUT2D eigenvalue weighted by Crippen LogP contribution is -2.22. The third-order valence-corrected chi connectivity index (χ3v) is 3.73. The van der Waals surface area contributed by atoms with Crippen molar-refractivity contribution >= 4 is 16.2 Å². The molecule has 0 atom stereocenters. The van der Waals surface area contributed by atoms with Gasteiger partial charge in [0.25, 0.3) is 10.1 Å². The summed E-state index contributed by atoms with van der Waals surface area (Å²) in [5.41, 5.74) is 0.808. The van der Waals surface area contributed by atoms with E-state index in [-0.39, 0.29) is 4.90 Å². The van der Waals surface area contributed by atoms with E-state index in [1.54, 1.807) is 18.2 Å². The van der Waals surface area contributed by atoms with Crippen molar-refractivity contribution in [3.05, 3.63) is 48.8 Å². The smallest absolute Gasteiger partial charge is 0.294 e. The first-order chi connectivity index (χ1) is 9.86. The third-order valence-electron chi connectivity index (χ3n) is 2.86. The van der Waals surface area contributed by atoms with Crippen LogP contribution >= 0.6 is 0 Å². The maximum absolute atomic E-state index is 10.6. The van der Waals surface area contributed by atoms with Crippen molar-refractivity contribution < 1.29 is 13.0 Å². The number of nitrogens with zero attached hydrogens (tertiary/aromatic N) is 2. The minimum atomic E-state index is -4.06. The van der Waals surface area contributed by atoms with Crippen molar-refractivity contribution in [1.29, 1.82) is 0 Å². The predicted molar refractivity (Wildman–Crippen MR) is 85.1 cm³/mol. The Kier molecular flexibility index (Phi) is 6.45. The van der Waals surface area contributed by atoms with E-state index in [1.165, 1.54) is 25.1 Å². The zero-order valence-electron chi connectivity index (χ0n) is 12.4. The summed E-state index contributed by atoms with van der Waals surface area (Å²) in [7, 11) is -1.97. The van der Waals surface area contributed by atoms with Gasteiger partial charge in [0.2, 0.25) is 0 Å². The fourth-order valence-electron chi connectivity index (χ4n) is 1.80. The summed E-state index contributed by atoms with van der Waals surface area (Å²) in [6.07, 6.45) is 7.07. The van der Waals surface area contributed by atoms with Gasteiger partial charge in [-0.15, -0.1) is 0 Å². The van der Waals surface area contributed by atoms with E-state index in [0.29, 0.717) is 0 Å². The fraction of sp³-hybridized carbons (Fsp3) is 0.333. The molecule has 0 bridgehead atoms. The first-order valence-electron chi connectivity index (χ1n) is 6.69. The van der Waals surface area contributed by atoms with Crippen LogP contribution in [0.4, 0.5) is 0 Å². The van der Waals surface area contributed by atoms with Gasteiger partial charge >= 0.3 is 0 Å². The minimum absolute atomic E-state index is 0.104. The Labute approximate surface area is 126 Å². The van der Waals surface area contributed by atoms with E-state index in [4.69, 9.17) is 4.55 Å². The monoisotopic (exact) mass is 310 g/mol. The molecular formula is C15H22N2O3S. The molecule has 1 heterocycles. The van der Waals surface area contributed by atoms with Gasteiger partial charge in [0.15, 0.2) is 0 Å². The molecule has 0 aliphatic carbocycles. The van der Waals surface area contributed by atoms with Gasteiger partial charge in [-0.1, -0.05) is 31.7 Å². The summed E-state index contributed by atoms with van der Waals surface area (Å²) in [4.78, 5) is 4.38. The third kappa shape index (κ3) is 6.01. The molecule has 116 valence electrons. The van der Waals surface area contributed by atoms with Gasteiger partial charge in [-0.25, -0.2) is 0 Å². The standard InChI is InChI=1S/C8H8O3S.C7H14N2/c1-2-7-3-5-8(6-4-7)12(9,10)11;1-3-4-9-6-5-8(2)7-9/h2-6H,1H2,(H,9,10,11);5-6H,3-4,7H2,1-2H3. The zero-order chi connectivity index (χ0) is 15.9. The largest absolute Gasteiger partial charge is 0.362 e. The molecule has 0 aromatic heterocycles. The van der Waals surface area contributed by atoms with E-state index in [9.17, 15) is 8.42 Å². The van der Waals surface area contributed by atoms with Crippen molar-refractivity contribution in [2.75, 3.05) is 20.3 Å². The number of rotatable bonds is 4. The van der Waals surface area contributed by atoms with E-state index in [0.717, 1.165) is 12.2 Å². The molecule has 0 radical (unpaired) electrons. The quantitative estimate of drug-likeness (QED) is 0.866. The molecule has 0 fully saturated rings. The molecule has 1 N–H and O–H groups in total. The van der Waals surface area contributed by atoms with Gasteiger partial charge in [0.05, 0.1) is 11.6 Å². The number of benzene rings is 1. The molecule has 21 heavy (non-hydrogen) atoms. The van der Waals surface area contributed by atoms with Crippen molar-refractivity contribution in [1.82, 2.24) is 9.80 Å². The summed E-state index contributed by atoms with van der Waals surface area (Å²) >= 11 is 0. The van der Waals surface area contributed by atoms with Crippen LogP contribution in [0.15, 0.2) is 48.1 Å². The molecule has 0 amide bonds. The normalized spacial score (nSPS) is 13.9. The molecule has 1 aromatic rings. The van der Waals surface area contributed by atoms with E-state index < -0.39 is 10.1 Å². The average Bonchev–Trinajstić information content (AvgIpc) is 2.85. The minimum Gasteiger partial charge on any atom is -0.362 e. The summed E-state index contributed by atoms with van der Waals surface area (Å²) in [6, 6.07) is 5.78. The van der Waals surface area contributed by atoms with Crippen LogP contribution in [-0.2, 0) is 10.1 Å². The maximum Gasteiger partial charge on any atom is 0.294 e. The van der Waals surface area contributed by atoms with Gasteiger partial charge in [-0.3, -0.25) is 4.55 Å². The average molecular weight is 310 g/mol. The topological polar surface area (TPSA) is 60.9 Å². The van der Waals surface area contributed by atoms with Gasteiger partial charge in [0.1, 0.15) is 0 Å². The fourth-order valence-corrected chi connectivity index (χ4v) is 2.28. The van der Waals surface area contributed by atoms with Crippen LogP contribution in [0.1, 0.15) is 18.9 Å². The summed E-state index contributed by atoms with van der Waals surface area (Å²) in [5, 5.41) is 0. The van der Waals surface area contributed by atoms with Gasteiger partial charge in [-0.2, -0.15) is 8.42 Å². The Morgan fingerprint density at radius 3 is 2.29 bits per heavy atom. The van der Waals surface area contributed by atoms with Gasteiger partial charge < -0.3 is 9.80 Å². The summed E-state index contributed by atoms with van der Waals surface area (Å²) in [5.74, 6) is 0. The van der Waals surface area contributed by atoms with Crippen LogP contribution < -0.4 is 0 Å². The number of hydrogen-bond donors (Lipinski definition) is 1. The Morgan fingerprint density at radius 1 is 1.29 bits per heavy atom. The first-order valence-corrected chi connectivity index (χ1v) is 8.13. The lowest BCUT2D eigenvalue weighted by molar-refractivity contribution is 0.297. The van der Waals surface area contributed by atoms with Crippen molar-refractivity contribution in [2.24, 2.45) is 0 Å². The Hall–Kier alpha value is -1.79.